The van der Waals surface area contributed by atoms with Crippen LogP contribution >= 0.6 is 15.9 Å². The van der Waals surface area contributed by atoms with E-state index < -0.39 is 17.8 Å². The zero-order valence-corrected chi connectivity index (χ0v) is 9.87. The molecule has 1 aliphatic heterocycles. The van der Waals surface area contributed by atoms with Gasteiger partial charge in [-0.05, 0) is 30.7 Å². The lowest BCUT2D eigenvalue weighted by Crippen LogP contribution is -2.30. The van der Waals surface area contributed by atoms with Crippen LogP contribution in [-0.2, 0) is 9.59 Å². The van der Waals surface area contributed by atoms with E-state index >= 15 is 0 Å². The Morgan fingerprint density at radius 1 is 1.25 bits per heavy atom. The van der Waals surface area contributed by atoms with Gasteiger partial charge in [0, 0.05) is 4.47 Å². The van der Waals surface area contributed by atoms with E-state index in [1.807, 2.05) is 12.2 Å². The highest BCUT2D eigenvalue weighted by Gasteiger charge is 2.37. The minimum Gasteiger partial charge on any atom is -0.269 e. The Morgan fingerprint density at radius 3 is 2.44 bits per heavy atom. The first-order valence-electron chi connectivity index (χ1n) is 4.46. The van der Waals surface area contributed by atoms with Crippen molar-refractivity contribution < 1.29 is 14.4 Å². The van der Waals surface area contributed by atoms with Gasteiger partial charge in [-0.3, -0.25) is 14.9 Å². The van der Waals surface area contributed by atoms with Crippen molar-refractivity contribution in [2.45, 2.75) is 6.92 Å². The van der Waals surface area contributed by atoms with Gasteiger partial charge in [0.15, 0.2) is 0 Å². The van der Waals surface area contributed by atoms with E-state index in [9.17, 15) is 14.4 Å². The molecule has 16 heavy (non-hydrogen) atoms. The van der Waals surface area contributed by atoms with Crippen LogP contribution in [0.2, 0.25) is 0 Å². The second kappa shape index (κ2) is 3.71. The first kappa shape index (κ1) is 10.8. The second-order valence-corrected chi connectivity index (χ2v) is 4.19. The highest BCUT2D eigenvalue weighted by molar-refractivity contribution is 9.10. The minimum atomic E-state index is -0.898. The Hall–Kier alpha value is -1.69. The highest BCUT2D eigenvalue weighted by Crippen LogP contribution is 2.24. The summed E-state index contributed by atoms with van der Waals surface area (Å²) in [6.07, 6.45) is 0. The average molecular weight is 283 g/mol. The van der Waals surface area contributed by atoms with E-state index in [4.69, 9.17) is 0 Å². The topological polar surface area (TPSA) is 66.5 Å². The molecular formula is C10H7BrN2O3. The molecule has 5 nitrogen and oxygen atoms in total. The van der Waals surface area contributed by atoms with Crippen molar-refractivity contribution >= 4 is 39.5 Å². The summed E-state index contributed by atoms with van der Waals surface area (Å²) in [5.74, 6) is -1.75. The molecule has 0 radical (unpaired) electrons. The van der Waals surface area contributed by atoms with E-state index in [1.54, 1.807) is 18.2 Å². The number of nitrogens with one attached hydrogen (secondary N) is 1. The summed E-state index contributed by atoms with van der Waals surface area (Å²) in [4.78, 5) is 34.6. The van der Waals surface area contributed by atoms with Crippen LogP contribution in [0.15, 0.2) is 22.7 Å². The molecule has 82 valence electrons. The average Bonchev–Trinajstić information content (AvgIpc) is 2.47. The lowest BCUT2D eigenvalue weighted by Gasteiger charge is -2.12. The Kier molecular flexibility index (Phi) is 2.51. The summed E-state index contributed by atoms with van der Waals surface area (Å²) in [6, 6.07) is 4.25. The number of aryl methyl sites for hydroxylation is 1. The van der Waals surface area contributed by atoms with Gasteiger partial charge in [0.2, 0.25) is 0 Å². The molecule has 0 bridgehead atoms. The zero-order valence-electron chi connectivity index (χ0n) is 8.28. The molecule has 1 saturated heterocycles. The molecule has 0 unspecified atom stereocenters. The van der Waals surface area contributed by atoms with Crippen LogP contribution in [-0.4, -0.2) is 17.8 Å². The molecule has 4 amide bonds. The molecule has 0 spiro atoms. The third kappa shape index (κ3) is 1.61. The standard InChI is InChI=1S/C10H7BrN2O3/c1-5-4-6(2-3-7(5)11)13-9(15)8(14)12-10(13)16/h2-4H,1H3,(H,12,14,16). The molecular weight excluding hydrogens is 276 g/mol. The van der Waals surface area contributed by atoms with E-state index in [0.29, 0.717) is 5.69 Å². The maximum absolute atomic E-state index is 11.4. The van der Waals surface area contributed by atoms with E-state index in [1.165, 1.54) is 0 Å². The largest absolute Gasteiger partial charge is 0.336 e. The van der Waals surface area contributed by atoms with Crippen molar-refractivity contribution in [1.82, 2.24) is 5.32 Å². The van der Waals surface area contributed by atoms with Gasteiger partial charge in [-0.1, -0.05) is 15.9 Å². The quantitative estimate of drug-likeness (QED) is 0.624. The van der Waals surface area contributed by atoms with Crippen molar-refractivity contribution in [2.75, 3.05) is 4.90 Å². The molecule has 1 aliphatic rings. The van der Waals surface area contributed by atoms with Crippen LogP contribution in [0.25, 0.3) is 0 Å². The Bertz CT molecular complexity index is 513. The third-order valence-electron chi connectivity index (χ3n) is 2.22. The second-order valence-electron chi connectivity index (χ2n) is 3.33. The Morgan fingerprint density at radius 2 is 1.94 bits per heavy atom. The number of hydrogen-bond donors (Lipinski definition) is 1. The van der Waals surface area contributed by atoms with Gasteiger partial charge >= 0.3 is 17.8 Å². The fourth-order valence-electron chi connectivity index (χ4n) is 1.40. The molecule has 0 saturated carbocycles. The number of anilines is 1. The fourth-order valence-corrected chi connectivity index (χ4v) is 1.65. The van der Waals surface area contributed by atoms with Gasteiger partial charge in [0.05, 0.1) is 5.69 Å². The maximum Gasteiger partial charge on any atom is 0.336 e. The van der Waals surface area contributed by atoms with Crippen molar-refractivity contribution in [3.05, 3.63) is 28.2 Å². The number of urea groups is 1. The van der Waals surface area contributed by atoms with Gasteiger partial charge in [-0.25, -0.2) is 9.69 Å². The number of rotatable bonds is 1. The molecule has 0 aromatic heterocycles. The summed E-state index contributed by atoms with van der Waals surface area (Å²) in [5, 5.41) is 1.94. The SMILES string of the molecule is Cc1cc(N2C(=O)NC(=O)C2=O)ccc1Br. The number of benzene rings is 1. The van der Waals surface area contributed by atoms with Crippen LogP contribution in [0.4, 0.5) is 10.5 Å². The molecule has 1 heterocycles. The van der Waals surface area contributed by atoms with Crippen LogP contribution in [0, 0.1) is 6.92 Å². The lowest BCUT2D eigenvalue weighted by atomic mass is 10.2. The zero-order chi connectivity index (χ0) is 11.9. The normalized spacial score (nSPS) is 15.6. The summed E-state index contributed by atoms with van der Waals surface area (Å²) in [7, 11) is 0. The smallest absolute Gasteiger partial charge is 0.269 e. The number of amides is 4. The van der Waals surface area contributed by atoms with Crippen molar-refractivity contribution in [3.63, 3.8) is 0 Å². The summed E-state index contributed by atoms with van der Waals surface area (Å²) >= 11 is 3.31. The monoisotopic (exact) mass is 282 g/mol. The van der Waals surface area contributed by atoms with E-state index in [0.717, 1.165) is 14.9 Å². The minimum absolute atomic E-state index is 0.383. The van der Waals surface area contributed by atoms with Gasteiger partial charge < -0.3 is 0 Å². The Labute approximate surface area is 99.5 Å². The van der Waals surface area contributed by atoms with Gasteiger partial charge in [-0.2, -0.15) is 0 Å². The Balaban J connectivity index is 2.45. The number of imide groups is 2. The molecule has 1 aromatic rings. The van der Waals surface area contributed by atoms with Crippen molar-refractivity contribution in [2.24, 2.45) is 0 Å². The van der Waals surface area contributed by atoms with Crippen LogP contribution in [0.3, 0.4) is 0 Å². The van der Waals surface area contributed by atoms with Gasteiger partial charge in [0.1, 0.15) is 0 Å². The number of halogens is 1. The highest BCUT2D eigenvalue weighted by atomic mass is 79.9. The van der Waals surface area contributed by atoms with Gasteiger partial charge in [-0.15, -0.1) is 0 Å². The molecule has 0 atom stereocenters. The summed E-state index contributed by atoms with van der Waals surface area (Å²) < 4.78 is 0.870. The van der Waals surface area contributed by atoms with Crippen molar-refractivity contribution in [1.29, 1.82) is 0 Å². The van der Waals surface area contributed by atoms with Crippen molar-refractivity contribution in [3.8, 4) is 0 Å². The summed E-state index contributed by atoms with van der Waals surface area (Å²) in [6.45, 7) is 1.83. The molecule has 1 fully saturated rings. The predicted molar refractivity (Wildman–Crippen MR) is 59.9 cm³/mol. The predicted octanol–water partition coefficient (Wildman–Crippen LogP) is 1.34. The van der Waals surface area contributed by atoms with Crippen LogP contribution in [0.1, 0.15) is 5.56 Å². The third-order valence-corrected chi connectivity index (χ3v) is 3.11. The van der Waals surface area contributed by atoms with Gasteiger partial charge in [0.25, 0.3) is 0 Å². The number of hydrogen-bond acceptors (Lipinski definition) is 3. The number of nitrogens with zero attached hydrogens (tertiary/aromatic N) is 1. The number of carbonyl (C=O) groups excluding carboxylic acids is 3. The van der Waals surface area contributed by atoms with E-state index in [2.05, 4.69) is 15.9 Å². The summed E-state index contributed by atoms with van der Waals surface area (Å²) in [5.41, 5.74) is 1.26. The molecule has 2 rings (SSSR count). The lowest BCUT2D eigenvalue weighted by molar-refractivity contribution is -0.134. The van der Waals surface area contributed by atoms with Crippen LogP contribution in [0.5, 0.6) is 0 Å². The van der Waals surface area contributed by atoms with E-state index in [-0.39, 0.29) is 0 Å². The first-order valence-corrected chi connectivity index (χ1v) is 5.25. The first-order chi connectivity index (χ1) is 7.50. The van der Waals surface area contributed by atoms with Crippen LogP contribution < -0.4 is 10.2 Å². The molecule has 0 aliphatic carbocycles. The molecule has 1 N–H and O–H groups in total. The molecule has 6 heteroatoms. The number of carbonyl (C=O) groups is 3. The molecule has 1 aromatic carbocycles. The maximum atomic E-state index is 11.4. The fraction of sp³-hybridized carbons (Fsp3) is 0.100.